The van der Waals surface area contributed by atoms with E-state index in [0.29, 0.717) is 18.5 Å². The second-order valence-corrected chi connectivity index (χ2v) is 3.76. The summed E-state index contributed by atoms with van der Waals surface area (Å²) in [6.45, 7) is 1.86. The quantitative estimate of drug-likeness (QED) is 0.491. The first-order valence-electron chi connectivity index (χ1n) is 5.13. The van der Waals surface area contributed by atoms with Gasteiger partial charge in [0.05, 0.1) is 11.1 Å². The first-order chi connectivity index (χ1) is 8.50. The van der Waals surface area contributed by atoms with Crippen molar-refractivity contribution in [3.63, 3.8) is 0 Å². The fourth-order valence-electron chi connectivity index (χ4n) is 1.11. The van der Waals surface area contributed by atoms with E-state index in [1.807, 2.05) is 0 Å². The molecule has 0 unspecified atom stereocenters. The number of aromatic carboxylic acids is 1. The second kappa shape index (κ2) is 6.62. The van der Waals surface area contributed by atoms with E-state index in [1.165, 1.54) is 19.2 Å². The highest BCUT2D eigenvalue weighted by Gasteiger charge is 2.06. The van der Waals surface area contributed by atoms with Crippen molar-refractivity contribution < 1.29 is 14.7 Å². The summed E-state index contributed by atoms with van der Waals surface area (Å²) in [5, 5.41) is 11.5. The molecule has 0 saturated carbocycles. The molecule has 0 radical (unpaired) electrons. The van der Waals surface area contributed by atoms with E-state index in [9.17, 15) is 9.59 Å². The van der Waals surface area contributed by atoms with Gasteiger partial charge < -0.3 is 10.4 Å². The minimum atomic E-state index is -1.08. The van der Waals surface area contributed by atoms with Gasteiger partial charge in [0.1, 0.15) is 5.15 Å². The summed E-state index contributed by atoms with van der Waals surface area (Å²) in [5.41, 5.74) is 0.393. The maximum Gasteiger partial charge on any atom is 0.337 e. The number of rotatable bonds is 3. The SMILES string of the molecule is CC(=O)NCCC#Cc1cc(C(=O)O)cnc1Cl. The second-order valence-electron chi connectivity index (χ2n) is 3.40. The Morgan fingerprint density at radius 2 is 2.28 bits per heavy atom. The van der Waals surface area contributed by atoms with Gasteiger partial charge in [0.15, 0.2) is 0 Å². The van der Waals surface area contributed by atoms with Gasteiger partial charge in [0.2, 0.25) is 5.91 Å². The van der Waals surface area contributed by atoms with Crippen LogP contribution in [0.2, 0.25) is 5.15 Å². The average Bonchev–Trinajstić information content (AvgIpc) is 2.30. The fourth-order valence-corrected chi connectivity index (χ4v) is 1.26. The van der Waals surface area contributed by atoms with Crippen molar-refractivity contribution >= 4 is 23.5 Å². The van der Waals surface area contributed by atoms with Gasteiger partial charge in [-0.05, 0) is 6.07 Å². The summed E-state index contributed by atoms with van der Waals surface area (Å²) in [7, 11) is 0. The summed E-state index contributed by atoms with van der Waals surface area (Å²) < 4.78 is 0. The van der Waals surface area contributed by atoms with Gasteiger partial charge in [0, 0.05) is 26.1 Å². The third kappa shape index (κ3) is 4.44. The van der Waals surface area contributed by atoms with E-state index in [1.54, 1.807) is 0 Å². The van der Waals surface area contributed by atoms with E-state index in [2.05, 4.69) is 22.1 Å². The number of pyridine rings is 1. The maximum atomic E-state index is 10.7. The van der Waals surface area contributed by atoms with Crippen LogP contribution in [-0.2, 0) is 4.79 Å². The predicted molar refractivity (Wildman–Crippen MR) is 66.4 cm³/mol. The number of hydrogen-bond acceptors (Lipinski definition) is 3. The van der Waals surface area contributed by atoms with Gasteiger partial charge in [-0.3, -0.25) is 4.79 Å². The topological polar surface area (TPSA) is 79.3 Å². The number of carbonyl (C=O) groups is 2. The Hall–Kier alpha value is -2.06. The van der Waals surface area contributed by atoms with E-state index >= 15 is 0 Å². The van der Waals surface area contributed by atoms with Gasteiger partial charge in [-0.2, -0.15) is 0 Å². The normalized spacial score (nSPS) is 9.22. The molecule has 1 rings (SSSR count). The maximum absolute atomic E-state index is 10.7. The van der Waals surface area contributed by atoms with Crippen LogP contribution in [0.25, 0.3) is 0 Å². The van der Waals surface area contributed by atoms with Crippen molar-refractivity contribution in [1.29, 1.82) is 0 Å². The molecule has 1 aromatic rings. The molecule has 94 valence electrons. The molecular formula is C12H11ClN2O3. The molecule has 6 heteroatoms. The highest BCUT2D eigenvalue weighted by atomic mass is 35.5. The molecule has 0 saturated heterocycles. The van der Waals surface area contributed by atoms with Crippen LogP contribution in [0.4, 0.5) is 0 Å². The number of nitrogens with zero attached hydrogens (tertiary/aromatic N) is 1. The Morgan fingerprint density at radius 1 is 1.56 bits per heavy atom. The first kappa shape index (κ1) is 14.0. The predicted octanol–water partition coefficient (Wildman–Crippen LogP) is 1.31. The molecule has 0 bridgehead atoms. The smallest absolute Gasteiger partial charge is 0.337 e. The molecule has 0 aliphatic carbocycles. The van der Waals surface area contributed by atoms with Crippen molar-refractivity contribution in [3.05, 3.63) is 28.5 Å². The van der Waals surface area contributed by atoms with Crippen LogP contribution in [0.1, 0.15) is 29.3 Å². The Balaban J connectivity index is 2.71. The lowest BCUT2D eigenvalue weighted by Gasteiger charge is -1.98. The Labute approximate surface area is 109 Å². The standard InChI is InChI=1S/C12H11ClN2O3/c1-8(16)14-5-3-2-4-9-6-10(12(17)18)7-15-11(9)13/h6-7H,3,5H2,1H3,(H,14,16)(H,17,18). The van der Waals surface area contributed by atoms with E-state index < -0.39 is 5.97 Å². The number of halogens is 1. The molecule has 1 amide bonds. The van der Waals surface area contributed by atoms with E-state index in [4.69, 9.17) is 16.7 Å². The van der Waals surface area contributed by atoms with Crippen molar-refractivity contribution in [1.82, 2.24) is 10.3 Å². The van der Waals surface area contributed by atoms with Crippen molar-refractivity contribution in [3.8, 4) is 11.8 Å². The highest BCUT2D eigenvalue weighted by Crippen LogP contribution is 2.13. The molecule has 0 aliphatic rings. The Morgan fingerprint density at radius 3 is 2.89 bits per heavy atom. The summed E-state index contributed by atoms with van der Waals surface area (Å²) in [5.74, 6) is 4.30. The lowest BCUT2D eigenvalue weighted by atomic mass is 10.2. The summed E-state index contributed by atoms with van der Waals surface area (Å²) in [4.78, 5) is 25.1. The minimum Gasteiger partial charge on any atom is -0.478 e. The summed E-state index contributed by atoms with van der Waals surface area (Å²) in [6.07, 6.45) is 1.63. The molecule has 0 spiro atoms. The number of hydrogen-bond donors (Lipinski definition) is 2. The van der Waals surface area contributed by atoms with Crippen LogP contribution >= 0.6 is 11.6 Å². The minimum absolute atomic E-state index is 0.0329. The van der Waals surface area contributed by atoms with Gasteiger partial charge in [0.25, 0.3) is 0 Å². The van der Waals surface area contributed by atoms with Crippen LogP contribution in [0.3, 0.4) is 0 Å². The van der Waals surface area contributed by atoms with Crippen LogP contribution < -0.4 is 5.32 Å². The lowest BCUT2D eigenvalue weighted by Crippen LogP contribution is -2.20. The molecule has 1 heterocycles. The van der Waals surface area contributed by atoms with Gasteiger partial charge >= 0.3 is 5.97 Å². The zero-order chi connectivity index (χ0) is 13.5. The fraction of sp³-hybridized carbons (Fsp3) is 0.250. The number of amides is 1. The zero-order valence-corrected chi connectivity index (χ0v) is 10.4. The molecule has 0 aliphatic heterocycles. The van der Waals surface area contributed by atoms with Crippen LogP contribution in [0, 0.1) is 11.8 Å². The number of carbonyl (C=O) groups excluding carboxylic acids is 1. The van der Waals surface area contributed by atoms with Crippen molar-refractivity contribution in [2.45, 2.75) is 13.3 Å². The van der Waals surface area contributed by atoms with Crippen LogP contribution in [-0.4, -0.2) is 28.5 Å². The Bertz CT molecular complexity index is 532. The molecule has 5 nitrogen and oxygen atoms in total. The molecule has 0 fully saturated rings. The van der Waals surface area contributed by atoms with Crippen molar-refractivity contribution in [2.75, 3.05) is 6.54 Å². The van der Waals surface area contributed by atoms with Crippen LogP contribution in [0.15, 0.2) is 12.3 Å². The largest absolute Gasteiger partial charge is 0.478 e. The summed E-state index contributed by atoms with van der Waals surface area (Å²) >= 11 is 5.79. The highest BCUT2D eigenvalue weighted by molar-refractivity contribution is 6.30. The van der Waals surface area contributed by atoms with E-state index in [0.717, 1.165) is 0 Å². The monoisotopic (exact) mass is 266 g/mol. The summed E-state index contributed by atoms with van der Waals surface area (Å²) in [6, 6.07) is 1.36. The molecule has 18 heavy (non-hydrogen) atoms. The van der Waals surface area contributed by atoms with Gasteiger partial charge in [-0.15, -0.1) is 0 Å². The molecule has 2 N–H and O–H groups in total. The molecule has 1 aromatic heterocycles. The Kier molecular flexibility index (Phi) is 5.15. The zero-order valence-electron chi connectivity index (χ0n) is 9.66. The number of aromatic nitrogens is 1. The van der Waals surface area contributed by atoms with Crippen LogP contribution in [0.5, 0.6) is 0 Å². The van der Waals surface area contributed by atoms with E-state index in [-0.39, 0.29) is 16.6 Å². The molecule has 0 atom stereocenters. The lowest BCUT2D eigenvalue weighted by molar-refractivity contribution is -0.118. The number of carboxylic acids is 1. The molecular weight excluding hydrogens is 256 g/mol. The first-order valence-corrected chi connectivity index (χ1v) is 5.50. The van der Waals surface area contributed by atoms with Crippen molar-refractivity contribution in [2.24, 2.45) is 0 Å². The third-order valence-corrected chi connectivity index (χ3v) is 2.23. The number of nitrogens with one attached hydrogen (secondary N) is 1. The van der Waals surface area contributed by atoms with Gasteiger partial charge in [-0.25, -0.2) is 9.78 Å². The molecule has 0 aromatic carbocycles. The third-order valence-electron chi connectivity index (χ3n) is 1.93. The number of carboxylic acid groups (broad SMARTS) is 1. The average molecular weight is 267 g/mol. The van der Waals surface area contributed by atoms with Gasteiger partial charge in [-0.1, -0.05) is 23.4 Å².